The average molecular weight is 275 g/mol. The number of ether oxygens (including phenoxy) is 1. The van der Waals surface area contributed by atoms with Gasteiger partial charge in [-0.1, -0.05) is 18.6 Å². The van der Waals surface area contributed by atoms with Crippen LogP contribution in [0.5, 0.6) is 5.75 Å². The standard InChI is InChI=1S/C17H25NO2/c1-12-3-2-4-16(7-12)20-11-15(19)10-18-17-9-13-5-6-14(17)8-13/h2-4,7,13-15,17-19H,5-6,8-11H2,1H3. The van der Waals surface area contributed by atoms with Crippen molar-refractivity contribution in [2.75, 3.05) is 13.2 Å². The van der Waals surface area contributed by atoms with E-state index in [1.807, 2.05) is 31.2 Å². The lowest BCUT2D eigenvalue weighted by Gasteiger charge is -2.24. The van der Waals surface area contributed by atoms with E-state index in [-0.39, 0.29) is 0 Å². The number of benzene rings is 1. The van der Waals surface area contributed by atoms with Gasteiger partial charge in [-0.15, -0.1) is 0 Å². The second kappa shape index (κ2) is 6.15. The fraction of sp³-hybridized carbons (Fsp3) is 0.647. The van der Waals surface area contributed by atoms with Crippen LogP contribution < -0.4 is 10.1 Å². The van der Waals surface area contributed by atoms with Crippen LogP contribution in [0.2, 0.25) is 0 Å². The second-order valence-electron chi connectivity index (χ2n) is 6.47. The van der Waals surface area contributed by atoms with Crippen molar-refractivity contribution in [1.29, 1.82) is 0 Å². The third kappa shape index (κ3) is 3.33. The number of rotatable bonds is 6. The zero-order valence-electron chi connectivity index (χ0n) is 12.2. The van der Waals surface area contributed by atoms with E-state index < -0.39 is 6.10 Å². The minimum absolute atomic E-state index is 0.358. The average Bonchev–Trinajstić information content (AvgIpc) is 3.05. The van der Waals surface area contributed by atoms with Crippen molar-refractivity contribution >= 4 is 0 Å². The number of aliphatic hydroxyl groups is 1. The Labute approximate surface area is 121 Å². The number of fused-ring (bicyclic) bond motifs is 2. The molecule has 2 bridgehead atoms. The molecule has 2 fully saturated rings. The predicted molar refractivity (Wildman–Crippen MR) is 79.9 cm³/mol. The molecule has 2 aliphatic carbocycles. The van der Waals surface area contributed by atoms with E-state index in [9.17, 15) is 5.11 Å². The maximum Gasteiger partial charge on any atom is 0.119 e. The second-order valence-corrected chi connectivity index (χ2v) is 6.47. The van der Waals surface area contributed by atoms with Gasteiger partial charge >= 0.3 is 0 Å². The van der Waals surface area contributed by atoms with E-state index in [1.165, 1.54) is 31.2 Å². The Bertz CT molecular complexity index is 448. The van der Waals surface area contributed by atoms with Crippen molar-refractivity contribution in [1.82, 2.24) is 5.32 Å². The smallest absolute Gasteiger partial charge is 0.119 e. The van der Waals surface area contributed by atoms with Gasteiger partial charge in [0.1, 0.15) is 18.5 Å². The fourth-order valence-electron chi connectivity index (χ4n) is 3.74. The van der Waals surface area contributed by atoms with E-state index >= 15 is 0 Å². The molecule has 3 heteroatoms. The molecular weight excluding hydrogens is 250 g/mol. The molecule has 0 radical (unpaired) electrons. The van der Waals surface area contributed by atoms with E-state index in [1.54, 1.807) is 0 Å². The Balaban J connectivity index is 1.38. The largest absolute Gasteiger partial charge is 0.491 e. The predicted octanol–water partition coefficient (Wildman–Crippen LogP) is 2.51. The van der Waals surface area contributed by atoms with Crippen LogP contribution in [0.1, 0.15) is 31.2 Å². The van der Waals surface area contributed by atoms with Crippen molar-refractivity contribution in [3.8, 4) is 5.75 Å². The third-order valence-corrected chi connectivity index (χ3v) is 4.79. The van der Waals surface area contributed by atoms with E-state index in [0.29, 0.717) is 19.2 Å². The van der Waals surface area contributed by atoms with Crippen LogP contribution in [0.3, 0.4) is 0 Å². The number of nitrogens with one attached hydrogen (secondary N) is 1. The molecule has 3 nitrogen and oxygen atoms in total. The van der Waals surface area contributed by atoms with Crippen LogP contribution in [0.4, 0.5) is 0 Å². The molecule has 20 heavy (non-hydrogen) atoms. The van der Waals surface area contributed by atoms with Gasteiger partial charge in [-0.3, -0.25) is 0 Å². The van der Waals surface area contributed by atoms with E-state index in [4.69, 9.17) is 4.74 Å². The molecule has 0 aromatic heterocycles. The van der Waals surface area contributed by atoms with Gasteiger partial charge in [0, 0.05) is 12.6 Å². The van der Waals surface area contributed by atoms with Crippen LogP contribution in [0.25, 0.3) is 0 Å². The van der Waals surface area contributed by atoms with Crippen LogP contribution in [-0.2, 0) is 0 Å². The maximum absolute atomic E-state index is 10.0. The summed E-state index contributed by atoms with van der Waals surface area (Å²) in [6.45, 7) is 3.04. The molecule has 110 valence electrons. The monoisotopic (exact) mass is 275 g/mol. The van der Waals surface area contributed by atoms with E-state index in [2.05, 4.69) is 5.32 Å². The van der Waals surface area contributed by atoms with Crippen molar-refractivity contribution in [3.63, 3.8) is 0 Å². The molecule has 4 atom stereocenters. The molecule has 0 heterocycles. The van der Waals surface area contributed by atoms with Crippen molar-refractivity contribution < 1.29 is 9.84 Å². The van der Waals surface area contributed by atoms with Crippen molar-refractivity contribution in [2.24, 2.45) is 11.8 Å². The van der Waals surface area contributed by atoms with Gasteiger partial charge in [-0.2, -0.15) is 0 Å². The van der Waals surface area contributed by atoms with Crippen molar-refractivity contribution in [3.05, 3.63) is 29.8 Å². The summed E-state index contributed by atoms with van der Waals surface area (Å²) in [5.74, 6) is 2.63. The van der Waals surface area contributed by atoms with Crippen LogP contribution in [0.15, 0.2) is 24.3 Å². The Morgan fingerprint density at radius 3 is 2.95 bits per heavy atom. The van der Waals surface area contributed by atoms with Crippen LogP contribution in [0, 0.1) is 18.8 Å². The quantitative estimate of drug-likeness (QED) is 0.838. The van der Waals surface area contributed by atoms with Gasteiger partial charge in [0.05, 0.1) is 0 Å². The van der Waals surface area contributed by atoms with Gasteiger partial charge in [0.15, 0.2) is 0 Å². The highest BCUT2D eigenvalue weighted by molar-refractivity contribution is 5.27. The zero-order valence-corrected chi connectivity index (χ0v) is 12.2. The molecule has 1 aromatic carbocycles. The molecule has 4 unspecified atom stereocenters. The SMILES string of the molecule is Cc1cccc(OCC(O)CNC2CC3CCC2C3)c1. The Kier molecular flexibility index (Phi) is 4.27. The lowest BCUT2D eigenvalue weighted by molar-refractivity contribution is 0.101. The number of aryl methyl sites for hydroxylation is 1. The van der Waals surface area contributed by atoms with Crippen LogP contribution >= 0.6 is 0 Å². The lowest BCUT2D eigenvalue weighted by Crippen LogP contribution is -2.40. The molecule has 2 N–H and O–H groups in total. The molecule has 1 aromatic rings. The van der Waals surface area contributed by atoms with Gasteiger partial charge in [0.2, 0.25) is 0 Å². The highest BCUT2D eigenvalue weighted by Gasteiger charge is 2.39. The first kappa shape index (κ1) is 13.9. The fourth-order valence-corrected chi connectivity index (χ4v) is 3.74. The Hall–Kier alpha value is -1.06. The van der Waals surface area contributed by atoms with Gasteiger partial charge < -0.3 is 15.2 Å². The number of hydrogen-bond acceptors (Lipinski definition) is 3. The first-order valence-electron chi connectivity index (χ1n) is 7.81. The lowest BCUT2D eigenvalue weighted by atomic mass is 9.95. The zero-order chi connectivity index (χ0) is 13.9. The van der Waals surface area contributed by atoms with Gasteiger partial charge in [0.25, 0.3) is 0 Å². The molecule has 3 rings (SSSR count). The topological polar surface area (TPSA) is 41.5 Å². The summed E-state index contributed by atoms with van der Waals surface area (Å²) < 4.78 is 5.64. The van der Waals surface area contributed by atoms with E-state index in [0.717, 1.165) is 17.6 Å². The summed E-state index contributed by atoms with van der Waals surface area (Å²) in [5, 5.41) is 13.6. The van der Waals surface area contributed by atoms with Gasteiger partial charge in [-0.25, -0.2) is 0 Å². The molecule has 2 aliphatic rings. The summed E-state index contributed by atoms with van der Waals surface area (Å²) in [7, 11) is 0. The summed E-state index contributed by atoms with van der Waals surface area (Å²) in [4.78, 5) is 0. The highest BCUT2D eigenvalue weighted by atomic mass is 16.5. The Morgan fingerprint density at radius 2 is 2.25 bits per heavy atom. The summed E-state index contributed by atoms with van der Waals surface area (Å²) in [5.41, 5.74) is 1.18. The summed E-state index contributed by atoms with van der Waals surface area (Å²) in [6, 6.07) is 8.58. The maximum atomic E-state index is 10.0. The number of hydrogen-bond donors (Lipinski definition) is 2. The minimum Gasteiger partial charge on any atom is -0.491 e. The first-order valence-corrected chi connectivity index (χ1v) is 7.81. The molecule has 0 aliphatic heterocycles. The molecular formula is C17H25NO2. The third-order valence-electron chi connectivity index (χ3n) is 4.79. The first-order chi connectivity index (χ1) is 9.70. The summed E-state index contributed by atoms with van der Waals surface area (Å²) in [6.07, 6.45) is 5.05. The minimum atomic E-state index is -0.436. The van der Waals surface area contributed by atoms with Crippen LogP contribution in [-0.4, -0.2) is 30.4 Å². The van der Waals surface area contributed by atoms with Crippen molar-refractivity contribution in [2.45, 2.75) is 44.8 Å². The van der Waals surface area contributed by atoms with Gasteiger partial charge in [-0.05, 0) is 55.7 Å². The molecule has 0 amide bonds. The number of aliphatic hydroxyl groups excluding tert-OH is 1. The molecule has 0 spiro atoms. The molecule has 2 saturated carbocycles. The Morgan fingerprint density at radius 1 is 1.35 bits per heavy atom. The normalized spacial score (nSPS) is 29.6. The molecule has 0 saturated heterocycles. The summed E-state index contributed by atoms with van der Waals surface area (Å²) >= 11 is 0. The highest BCUT2D eigenvalue weighted by Crippen LogP contribution is 2.44.